The van der Waals surface area contributed by atoms with Gasteiger partial charge < -0.3 is 10.0 Å². The number of carboxylic acids is 1. The summed E-state index contributed by atoms with van der Waals surface area (Å²) >= 11 is 1.39. The highest BCUT2D eigenvalue weighted by Gasteiger charge is 2.34. The number of carbonyl (C=O) groups is 2. The van der Waals surface area contributed by atoms with Crippen molar-refractivity contribution in [1.29, 1.82) is 0 Å². The van der Waals surface area contributed by atoms with Crippen LogP contribution in [0, 0.1) is 5.92 Å². The molecule has 1 aromatic heterocycles. The molecule has 1 N–H and O–H groups in total. The summed E-state index contributed by atoms with van der Waals surface area (Å²) in [6.45, 7) is 0.861. The number of piperidine rings is 1. The fourth-order valence-corrected chi connectivity index (χ4v) is 3.66. The maximum Gasteiger partial charge on any atom is 0.308 e. The number of hydrogen-bond acceptors (Lipinski definition) is 3. The molecular weight excluding hydrogens is 298 g/mol. The third-order valence-electron chi connectivity index (χ3n) is 4.09. The van der Waals surface area contributed by atoms with Crippen molar-refractivity contribution in [2.75, 3.05) is 13.1 Å². The largest absolute Gasteiger partial charge is 0.481 e. The number of nitrogens with zero attached hydrogens (tertiary/aromatic N) is 1. The number of carbonyl (C=O) groups excluding carboxylic acids is 1. The lowest BCUT2D eigenvalue weighted by atomic mass is 9.84. The minimum atomic E-state index is -0.829. The van der Waals surface area contributed by atoms with Gasteiger partial charge in [-0.15, -0.1) is 11.3 Å². The van der Waals surface area contributed by atoms with E-state index in [1.165, 1.54) is 11.3 Å². The first-order chi connectivity index (χ1) is 10.6. The van der Waals surface area contributed by atoms with Crippen molar-refractivity contribution in [3.05, 3.63) is 58.3 Å². The average molecular weight is 315 g/mol. The summed E-state index contributed by atoms with van der Waals surface area (Å²) in [6.07, 6.45) is 0.577. The second-order valence-electron chi connectivity index (χ2n) is 5.57. The van der Waals surface area contributed by atoms with Crippen molar-refractivity contribution in [2.45, 2.75) is 12.3 Å². The van der Waals surface area contributed by atoms with Gasteiger partial charge >= 0.3 is 5.97 Å². The molecule has 0 unspecified atom stereocenters. The normalized spacial score (nSPS) is 21.5. The molecule has 22 heavy (non-hydrogen) atoms. The van der Waals surface area contributed by atoms with E-state index in [4.69, 9.17) is 0 Å². The van der Waals surface area contributed by atoms with Crippen LogP contribution in [0.25, 0.3) is 0 Å². The van der Waals surface area contributed by atoms with Crippen LogP contribution < -0.4 is 0 Å². The molecule has 2 atom stereocenters. The Morgan fingerprint density at radius 3 is 2.50 bits per heavy atom. The van der Waals surface area contributed by atoms with Crippen LogP contribution in [0.4, 0.5) is 0 Å². The lowest BCUT2D eigenvalue weighted by Crippen LogP contribution is -2.45. The Morgan fingerprint density at radius 1 is 1.09 bits per heavy atom. The summed E-state index contributed by atoms with van der Waals surface area (Å²) < 4.78 is 0. The fraction of sp³-hybridized carbons (Fsp3) is 0.294. The third-order valence-corrected chi connectivity index (χ3v) is 4.95. The van der Waals surface area contributed by atoms with Crippen LogP contribution in [0.15, 0.2) is 47.8 Å². The summed E-state index contributed by atoms with van der Waals surface area (Å²) in [7, 11) is 0. The lowest BCUT2D eigenvalue weighted by molar-refractivity contribution is -0.143. The van der Waals surface area contributed by atoms with Crippen LogP contribution >= 0.6 is 11.3 Å². The molecule has 1 aliphatic heterocycles. The molecule has 114 valence electrons. The van der Waals surface area contributed by atoms with Crippen LogP contribution in [-0.2, 0) is 4.79 Å². The molecule has 1 aliphatic rings. The highest BCUT2D eigenvalue weighted by molar-refractivity contribution is 7.12. The van der Waals surface area contributed by atoms with E-state index < -0.39 is 11.9 Å². The van der Waals surface area contributed by atoms with E-state index in [1.807, 2.05) is 41.8 Å². The van der Waals surface area contributed by atoms with Crippen LogP contribution in [0.2, 0.25) is 0 Å². The number of amides is 1. The molecule has 0 spiro atoms. The highest BCUT2D eigenvalue weighted by Crippen LogP contribution is 2.31. The number of likely N-dealkylation sites (tertiary alicyclic amines) is 1. The molecule has 1 aromatic carbocycles. The fourth-order valence-electron chi connectivity index (χ4n) is 2.97. The van der Waals surface area contributed by atoms with Gasteiger partial charge in [0.25, 0.3) is 5.91 Å². The first-order valence-electron chi connectivity index (χ1n) is 7.25. The van der Waals surface area contributed by atoms with Crippen LogP contribution in [0.5, 0.6) is 0 Å². The van der Waals surface area contributed by atoms with Crippen molar-refractivity contribution < 1.29 is 14.7 Å². The maximum atomic E-state index is 12.5. The molecule has 0 bridgehead atoms. The smallest absolute Gasteiger partial charge is 0.308 e. The minimum absolute atomic E-state index is 0.0677. The van der Waals surface area contributed by atoms with Gasteiger partial charge in [-0.2, -0.15) is 0 Å². The predicted molar refractivity (Wildman–Crippen MR) is 85.1 cm³/mol. The van der Waals surface area contributed by atoms with Crippen LogP contribution in [0.3, 0.4) is 0 Å². The van der Waals surface area contributed by atoms with E-state index >= 15 is 0 Å². The number of rotatable bonds is 3. The zero-order valence-corrected chi connectivity index (χ0v) is 12.8. The van der Waals surface area contributed by atoms with Crippen molar-refractivity contribution >= 4 is 23.2 Å². The molecule has 4 nitrogen and oxygen atoms in total. The first kappa shape index (κ1) is 14.8. The molecule has 0 aliphatic carbocycles. The Kier molecular flexibility index (Phi) is 4.24. The van der Waals surface area contributed by atoms with Gasteiger partial charge in [0.05, 0.1) is 10.8 Å². The summed E-state index contributed by atoms with van der Waals surface area (Å²) in [4.78, 5) is 26.4. The van der Waals surface area contributed by atoms with Gasteiger partial charge in [0.2, 0.25) is 0 Å². The second kappa shape index (κ2) is 6.32. The number of thiophene rings is 1. The quantitative estimate of drug-likeness (QED) is 0.947. The van der Waals surface area contributed by atoms with Gasteiger partial charge in [0.15, 0.2) is 0 Å². The summed E-state index contributed by atoms with van der Waals surface area (Å²) in [6, 6.07) is 13.5. The highest BCUT2D eigenvalue weighted by atomic mass is 32.1. The Bertz CT molecular complexity index is 654. The Labute approximate surface area is 133 Å². The zero-order chi connectivity index (χ0) is 15.5. The van der Waals surface area contributed by atoms with E-state index in [2.05, 4.69) is 0 Å². The minimum Gasteiger partial charge on any atom is -0.481 e. The summed E-state index contributed by atoms with van der Waals surface area (Å²) in [5.41, 5.74) is 1.09. The average Bonchev–Trinajstić information content (AvgIpc) is 3.09. The van der Waals surface area contributed by atoms with Gasteiger partial charge in [-0.05, 0) is 23.4 Å². The number of aliphatic carboxylic acids is 1. The molecule has 2 aromatic rings. The molecule has 1 saturated heterocycles. The van der Waals surface area contributed by atoms with Crippen LogP contribution in [-0.4, -0.2) is 35.0 Å². The number of benzene rings is 1. The molecule has 3 rings (SSSR count). The van der Waals surface area contributed by atoms with Gasteiger partial charge in [-0.1, -0.05) is 36.4 Å². The van der Waals surface area contributed by atoms with Gasteiger partial charge in [0, 0.05) is 19.0 Å². The standard InChI is InChI=1S/C17H17NO3S/c19-16(15-7-4-8-22-15)18-10-13(9-14(11-18)17(20)21)12-5-2-1-3-6-12/h1-8,13-14H,9-11H2,(H,20,21)/t13-,14+/m1/s1. The van der Waals surface area contributed by atoms with Crippen LogP contribution in [0.1, 0.15) is 27.6 Å². The Balaban J connectivity index is 1.84. The predicted octanol–water partition coefficient (Wildman–Crippen LogP) is 3.08. The number of hydrogen-bond donors (Lipinski definition) is 1. The first-order valence-corrected chi connectivity index (χ1v) is 8.13. The van der Waals surface area contributed by atoms with E-state index in [-0.39, 0.29) is 18.4 Å². The van der Waals surface area contributed by atoms with Gasteiger partial charge in [0.1, 0.15) is 0 Å². The van der Waals surface area contributed by atoms with E-state index in [0.29, 0.717) is 17.8 Å². The topological polar surface area (TPSA) is 57.6 Å². The molecule has 5 heteroatoms. The monoisotopic (exact) mass is 315 g/mol. The lowest BCUT2D eigenvalue weighted by Gasteiger charge is -2.36. The molecule has 0 radical (unpaired) electrons. The summed E-state index contributed by atoms with van der Waals surface area (Å²) in [5, 5.41) is 11.3. The molecule has 0 saturated carbocycles. The van der Waals surface area contributed by atoms with Crippen molar-refractivity contribution in [3.8, 4) is 0 Å². The Morgan fingerprint density at radius 2 is 1.86 bits per heavy atom. The zero-order valence-electron chi connectivity index (χ0n) is 12.0. The molecule has 1 fully saturated rings. The van der Waals surface area contributed by atoms with E-state index in [9.17, 15) is 14.7 Å². The second-order valence-corrected chi connectivity index (χ2v) is 6.51. The SMILES string of the molecule is O=C(O)[C@H]1C[C@@H](c2ccccc2)CN(C(=O)c2cccs2)C1. The maximum absolute atomic E-state index is 12.5. The van der Waals surface area contributed by atoms with Gasteiger partial charge in [-0.3, -0.25) is 9.59 Å². The van der Waals surface area contributed by atoms with Crippen molar-refractivity contribution in [1.82, 2.24) is 4.90 Å². The van der Waals surface area contributed by atoms with E-state index in [1.54, 1.807) is 11.0 Å². The number of carboxylic acid groups (broad SMARTS) is 1. The Hall–Kier alpha value is -2.14. The van der Waals surface area contributed by atoms with Crippen molar-refractivity contribution in [3.63, 3.8) is 0 Å². The van der Waals surface area contributed by atoms with Gasteiger partial charge in [-0.25, -0.2) is 0 Å². The van der Waals surface area contributed by atoms with E-state index in [0.717, 1.165) is 5.56 Å². The molecular formula is C17H17NO3S. The molecule has 1 amide bonds. The van der Waals surface area contributed by atoms with Crippen molar-refractivity contribution in [2.24, 2.45) is 5.92 Å². The summed E-state index contributed by atoms with van der Waals surface area (Å²) in [5.74, 6) is -1.34. The molecule has 2 heterocycles. The third kappa shape index (κ3) is 3.04.